The van der Waals surface area contributed by atoms with Crippen LogP contribution >= 0.6 is 11.3 Å². The third-order valence-electron chi connectivity index (χ3n) is 3.55. The van der Waals surface area contributed by atoms with E-state index in [-0.39, 0.29) is 12.5 Å². The van der Waals surface area contributed by atoms with E-state index >= 15 is 0 Å². The number of aromatic nitrogens is 1. The molecule has 0 aliphatic carbocycles. The number of aryl methyl sites for hydroxylation is 1. The van der Waals surface area contributed by atoms with Crippen LogP contribution in [0.25, 0.3) is 0 Å². The van der Waals surface area contributed by atoms with Crippen molar-refractivity contribution in [3.05, 3.63) is 51.5 Å². The van der Waals surface area contributed by atoms with Crippen molar-refractivity contribution in [3.8, 4) is 0 Å². The van der Waals surface area contributed by atoms with Gasteiger partial charge >= 0.3 is 5.97 Å². The first kappa shape index (κ1) is 17.1. The highest BCUT2D eigenvalue weighted by Crippen LogP contribution is 2.22. The van der Waals surface area contributed by atoms with Crippen LogP contribution in [-0.4, -0.2) is 40.5 Å². The Labute approximate surface area is 139 Å². The summed E-state index contributed by atoms with van der Waals surface area (Å²) < 4.78 is 0. The first-order chi connectivity index (χ1) is 10.9. The Balaban J connectivity index is 2.11. The summed E-state index contributed by atoms with van der Waals surface area (Å²) >= 11 is 1.38. The quantitative estimate of drug-likeness (QED) is 0.883. The molecule has 23 heavy (non-hydrogen) atoms. The van der Waals surface area contributed by atoms with Crippen molar-refractivity contribution in [2.24, 2.45) is 5.92 Å². The summed E-state index contributed by atoms with van der Waals surface area (Å²) in [6.45, 7) is 3.58. The molecule has 1 N–H and O–H groups in total. The van der Waals surface area contributed by atoms with Crippen molar-refractivity contribution in [3.63, 3.8) is 0 Å². The van der Waals surface area contributed by atoms with Gasteiger partial charge in [-0.05, 0) is 12.5 Å². The van der Waals surface area contributed by atoms with E-state index in [1.807, 2.05) is 37.3 Å². The summed E-state index contributed by atoms with van der Waals surface area (Å²) in [5.74, 6) is -1.68. The zero-order valence-electron chi connectivity index (χ0n) is 13.4. The van der Waals surface area contributed by atoms with Gasteiger partial charge in [0.2, 0.25) is 0 Å². The highest BCUT2D eigenvalue weighted by Gasteiger charge is 2.22. The third-order valence-corrected chi connectivity index (χ3v) is 4.69. The van der Waals surface area contributed by atoms with Gasteiger partial charge in [-0.15, -0.1) is 11.3 Å². The predicted octanol–water partition coefficient (Wildman–Crippen LogP) is 2.84. The maximum absolute atomic E-state index is 12.5. The number of hydrogen-bond acceptors (Lipinski definition) is 4. The molecule has 5 nitrogen and oxygen atoms in total. The smallest absolute Gasteiger partial charge is 0.308 e. The molecule has 1 aromatic carbocycles. The molecule has 1 heterocycles. The monoisotopic (exact) mass is 332 g/mol. The second kappa shape index (κ2) is 7.37. The molecule has 0 aliphatic rings. The molecule has 0 saturated heterocycles. The Morgan fingerprint density at radius 2 is 1.96 bits per heavy atom. The van der Waals surface area contributed by atoms with Gasteiger partial charge in [0.1, 0.15) is 4.88 Å². The molecule has 0 saturated carbocycles. The topological polar surface area (TPSA) is 70.5 Å². The molecule has 0 spiro atoms. The summed E-state index contributed by atoms with van der Waals surface area (Å²) in [5, 5.41) is 9.84. The van der Waals surface area contributed by atoms with E-state index < -0.39 is 11.9 Å². The van der Waals surface area contributed by atoms with Crippen molar-refractivity contribution < 1.29 is 14.7 Å². The Morgan fingerprint density at radius 3 is 2.57 bits per heavy atom. The number of hydrogen-bond donors (Lipinski definition) is 1. The fourth-order valence-electron chi connectivity index (χ4n) is 2.24. The van der Waals surface area contributed by atoms with Gasteiger partial charge in [-0.3, -0.25) is 9.59 Å². The van der Waals surface area contributed by atoms with E-state index in [1.165, 1.54) is 16.2 Å². The summed E-state index contributed by atoms with van der Waals surface area (Å²) in [4.78, 5) is 29.9. The Bertz CT molecular complexity index is 697. The van der Waals surface area contributed by atoms with Crippen LogP contribution in [0.3, 0.4) is 0 Å². The lowest BCUT2D eigenvalue weighted by molar-refractivity contribution is -0.141. The molecular formula is C17H20N2O3S. The number of rotatable bonds is 6. The van der Waals surface area contributed by atoms with Gasteiger partial charge in [0.05, 0.1) is 16.6 Å². The number of carbonyl (C=O) groups excluding carboxylic acids is 1. The SMILES string of the molecule is Cc1nc(Cc2ccccc2)sc1C(=O)N(C)CC(C)C(=O)O. The molecule has 1 amide bonds. The maximum atomic E-state index is 12.5. The van der Waals surface area contributed by atoms with E-state index in [0.717, 1.165) is 10.6 Å². The molecule has 0 fully saturated rings. The number of nitrogens with zero attached hydrogens (tertiary/aromatic N) is 2. The zero-order valence-corrected chi connectivity index (χ0v) is 14.3. The minimum atomic E-state index is -0.907. The number of amides is 1. The maximum Gasteiger partial charge on any atom is 0.308 e. The van der Waals surface area contributed by atoms with Crippen molar-refractivity contribution in [2.75, 3.05) is 13.6 Å². The van der Waals surface area contributed by atoms with Crippen LogP contribution in [0.2, 0.25) is 0 Å². The fourth-order valence-corrected chi connectivity index (χ4v) is 3.34. The number of aliphatic carboxylic acids is 1. The average Bonchev–Trinajstić information content (AvgIpc) is 2.87. The van der Waals surface area contributed by atoms with Crippen LogP contribution in [0, 0.1) is 12.8 Å². The summed E-state index contributed by atoms with van der Waals surface area (Å²) in [6, 6.07) is 9.97. The first-order valence-electron chi connectivity index (χ1n) is 7.37. The van der Waals surface area contributed by atoms with E-state index in [9.17, 15) is 9.59 Å². The molecule has 1 atom stereocenters. The lowest BCUT2D eigenvalue weighted by Gasteiger charge is -2.18. The van der Waals surface area contributed by atoms with Crippen molar-refractivity contribution in [1.29, 1.82) is 0 Å². The second-order valence-corrected chi connectivity index (χ2v) is 6.69. The number of carboxylic acid groups (broad SMARTS) is 1. The number of carboxylic acids is 1. The second-order valence-electron chi connectivity index (χ2n) is 5.61. The molecule has 0 aliphatic heterocycles. The van der Waals surface area contributed by atoms with Crippen LogP contribution in [0.15, 0.2) is 30.3 Å². The standard InChI is InChI=1S/C17H20N2O3S/c1-11(17(21)22)10-19(3)16(20)15-12(2)18-14(23-15)9-13-7-5-4-6-8-13/h4-8,11H,9-10H2,1-3H3,(H,21,22). The lowest BCUT2D eigenvalue weighted by atomic mass is 10.1. The van der Waals surface area contributed by atoms with E-state index in [4.69, 9.17) is 5.11 Å². The normalized spacial score (nSPS) is 12.0. The number of benzene rings is 1. The third kappa shape index (κ3) is 4.39. The molecule has 6 heteroatoms. The van der Waals surface area contributed by atoms with Gasteiger partial charge in [-0.2, -0.15) is 0 Å². The summed E-state index contributed by atoms with van der Waals surface area (Å²) in [5.41, 5.74) is 1.84. The molecule has 0 bridgehead atoms. The average molecular weight is 332 g/mol. The highest BCUT2D eigenvalue weighted by atomic mass is 32.1. The van der Waals surface area contributed by atoms with Gasteiger partial charge in [0.15, 0.2) is 0 Å². The van der Waals surface area contributed by atoms with Gasteiger partial charge < -0.3 is 10.0 Å². The van der Waals surface area contributed by atoms with Gasteiger partial charge in [0, 0.05) is 20.0 Å². The van der Waals surface area contributed by atoms with Crippen LogP contribution in [-0.2, 0) is 11.2 Å². The summed E-state index contributed by atoms with van der Waals surface area (Å²) in [6.07, 6.45) is 0.689. The molecule has 2 aromatic rings. The highest BCUT2D eigenvalue weighted by molar-refractivity contribution is 7.13. The van der Waals surface area contributed by atoms with E-state index in [0.29, 0.717) is 17.0 Å². The van der Waals surface area contributed by atoms with Crippen LogP contribution in [0.1, 0.15) is 32.9 Å². The molecule has 0 radical (unpaired) electrons. The molecule has 122 valence electrons. The number of thiazole rings is 1. The van der Waals surface area contributed by atoms with Crippen molar-refractivity contribution in [2.45, 2.75) is 20.3 Å². The van der Waals surface area contributed by atoms with E-state index in [2.05, 4.69) is 4.98 Å². The molecule has 1 aromatic heterocycles. The van der Waals surface area contributed by atoms with Gasteiger partial charge in [0.25, 0.3) is 5.91 Å². The Kier molecular flexibility index (Phi) is 5.50. The first-order valence-corrected chi connectivity index (χ1v) is 8.18. The van der Waals surface area contributed by atoms with Crippen LogP contribution in [0.5, 0.6) is 0 Å². The zero-order chi connectivity index (χ0) is 17.0. The lowest BCUT2D eigenvalue weighted by Crippen LogP contribution is -2.33. The Hall–Kier alpha value is -2.21. The van der Waals surface area contributed by atoms with E-state index in [1.54, 1.807) is 14.0 Å². The summed E-state index contributed by atoms with van der Waals surface area (Å²) in [7, 11) is 1.62. The van der Waals surface area contributed by atoms with Crippen LogP contribution < -0.4 is 0 Å². The number of carbonyl (C=O) groups is 2. The van der Waals surface area contributed by atoms with Gasteiger partial charge in [-0.1, -0.05) is 37.3 Å². The fraction of sp³-hybridized carbons (Fsp3) is 0.353. The molecule has 1 unspecified atom stereocenters. The largest absolute Gasteiger partial charge is 0.481 e. The Morgan fingerprint density at radius 1 is 1.30 bits per heavy atom. The predicted molar refractivity (Wildman–Crippen MR) is 89.9 cm³/mol. The van der Waals surface area contributed by atoms with Crippen molar-refractivity contribution in [1.82, 2.24) is 9.88 Å². The van der Waals surface area contributed by atoms with Crippen LogP contribution in [0.4, 0.5) is 0 Å². The van der Waals surface area contributed by atoms with Gasteiger partial charge in [-0.25, -0.2) is 4.98 Å². The van der Waals surface area contributed by atoms with Crippen molar-refractivity contribution >= 4 is 23.2 Å². The minimum absolute atomic E-state index is 0.174. The minimum Gasteiger partial charge on any atom is -0.481 e. The molecular weight excluding hydrogens is 312 g/mol. The molecule has 2 rings (SSSR count).